The molecule has 0 fully saturated rings. The number of nitrogens with zero attached hydrogens (tertiary/aromatic N) is 1. The number of halogens is 1. The number of hydrogen-bond acceptors (Lipinski definition) is 3. The second-order valence-corrected chi connectivity index (χ2v) is 4.46. The highest BCUT2D eigenvalue weighted by molar-refractivity contribution is 6.31. The Morgan fingerprint density at radius 3 is 2.74 bits per heavy atom. The van der Waals surface area contributed by atoms with Crippen LogP contribution in [0.4, 0.5) is 5.69 Å². The van der Waals surface area contributed by atoms with Gasteiger partial charge in [0.25, 0.3) is 5.91 Å². The molecule has 0 saturated carbocycles. The molecule has 0 radical (unpaired) electrons. The first-order valence-electron chi connectivity index (χ1n) is 6.48. The number of carbonyl (C=O) groups excluding carboxylic acids is 1. The van der Waals surface area contributed by atoms with Crippen molar-refractivity contribution in [3.05, 3.63) is 28.8 Å². The Hall–Kier alpha value is -1.26. The van der Waals surface area contributed by atoms with Gasteiger partial charge in [-0.3, -0.25) is 4.79 Å². The van der Waals surface area contributed by atoms with Gasteiger partial charge >= 0.3 is 0 Å². The van der Waals surface area contributed by atoms with Crippen LogP contribution < -0.4 is 5.32 Å². The highest BCUT2D eigenvalue weighted by Gasteiger charge is 2.17. The quantitative estimate of drug-likeness (QED) is 0.783. The van der Waals surface area contributed by atoms with Gasteiger partial charge in [-0.1, -0.05) is 11.6 Å². The summed E-state index contributed by atoms with van der Waals surface area (Å²) in [4.78, 5) is 14.2. The summed E-state index contributed by atoms with van der Waals surface area (Å²) >= 11 is 5.97. The van der Waals surface area contributed by atoms with E-state index in [2.05, 4.69) is 5.32 Å². The number of rotatable bonds is 7. The fraction of sp³-hybridized carbons (Fsp3) is 0.500. The van der Waals surface area contributed by atoms with E-state index in [-0.39, 0.29) is 5.91 Å². The Kier molecular flexibility index (Phi) is 6.67. The Morgan fingerprint density at radius 1 is 1.42 bits per heavy atom. The number of nitrogens with one attached hydrogen (secondary N) is 1. The lowest BCUT2D eigenvalue weighted by molar-refractivity contribution is 0.0670. The van der Waals surface area contributed by atoms with Crippen LogP contribution in [0.25, 0.3) is 0 Å². The van der Waals surface area contributed by atoms with E-state index in [4.69, 9.17) is 16.3 Å². The van der Waals surface area contributed by atoms with E-state index in [1.54, 1.807) is 24.1 Å². The van der Waals surface area contributed by atoms with Gasteiger partial charge in [0.1, 0.15) is 0 Å². The standard InChI is InChI=1S/C14H21ClN2O2/c1-4-17(8-9-19-5-2)14(18)12-10-11(15)6-7-13(12)16-3/h6-7,10,16H,4-5,8-9H2,1-3H3. The fourth-order valence-corrected chi connectivity index (χ4v) is 1.98. The summed E-state index contributed by atoms with van der Waals surface area (Å²) in [5.74, 6) is -0.0333. The largest absolute Gasteiger partial charge is 0.387 e. The maximum Gasteiger partial charge on any atom is 0.256 e. The minimum atomic E-state index is -0.0333. The first-order valence-corrected chi connectivity index (χ1v) is 6.86. The molecule has 1 aromatic carbocycles. The molecule has 0 aliphatic rings. The molecule has 0 atom stereocenters. The van der Waals surface area contributed by atoms with Gasteiger partial charge in [0.05, 0.1) is 12.2 Å². The highest BCUT2D eigenvalue weighted by atomic mass is 35.5. The maximum atomic E-state index is 12.5. The Morgan fingerprint density at radius 2 is 2.16 bits per heavy atom. The molecule has 0 bridgehead atoms. The minimum absolute atomic E-state index is 0.0333. The van der Waals surface area contributed by atoms with Crippen LogP contribution >= 0.6 is 11.6 Å². The summed E-state index contributed by atoms with van der Waals surface area (Å²) in [6, 6.07) is 5.27. The topological polar surface area (TPSA) is 41.6 Å². The monoisotopic (exact) mass is 284 g/mol. The first kappa shape index (κ1) is 15.8. The van der Waals surface area contributed by atoms with Gasteiger partial charge in [-0.05, 0) is 32.0 Å². The Balaban J connectivity index is 2.87. The number of likely N-dealkylation sites (N-methyl/N-ethyl adjacent to an activating group) is 1. The molecule has 106 valence electrons. The van der Waals surface area contributed by atoms with Gasteiger partial charge in [-0.25, -0.2) is 0 Å². The molecule has 1 rings (SSSR count). The third-order valence-corrected chi connectivity index (χ3v) is 3.10. The van der Waals surface area contributed by atoms with E-state index < -0.39 is 0 Å². The summed E-state index contributed by atoms with van der Waals surface area (Å²) in [7, 11) is 1.79. The molecule has 0 aromatic heterocycles. The SMILES string of the molecule is CCOCCN(CC)C(=O)c1cc(Cl)ccc1NC. The normalized spacial score (nSPS) is 10.3. The van der Waals surface area contributed by atoms with E-state index >= 15 is 0 Å². The average Bonchev–Trinajstić information content (AvgIpc) is 2.43. The lowest BCUT2D eigenvalue weighted by Gasteiger charge is -2.22. The first-order chi connectivity index (χ1) is 9.13. The third kappa shape index (κ3) is 4.40. The van der Waals surface area contributed by atoms with Crippen molar-refractivity contribution in [2.24, 2.45) is 0 Å². The fourth-order valence-electron chi connectivity index (χ4n) is 1.80. The molecular weight excluding hydrogens is 264 g/mol. The average molecular weight is 285 g/mol. The molecule has 1 amide bonds. The van der Waals surface area contributed by atoms with Gasteiger partial charge < -0.3 is 15.0 Å². The van der Waals surface area contributed by atoms with Crippen molar-refractivity contribution in [2.75, 3.05) is 38.7 Å². The van der Waals surface area contributed by atoms with Gasteiger partial charge in [0, 0.05) is 37.5 Å². The molecule has 4 nitrogen and oxygen atoms in total. The van der Waals surface area contributed by atoms with Crippen molar-refractivity contribution in [3.8, 4) is 0 Å². The summed E-state index contributed by atoms with van der Waals surface area (Å²) < 4.78 is 5.30. The van der Waals surface area contributed by atoms with Gasteiger partial charge in [0.15, 0.2) is 0 Å². The zero-order valence-corrected chi connectivity index (χ0v) is 12.5. The van der Waals surface area contributed by atoms with Crippen molar-refractivity contribution in [2.45, 2.75) is 13.8 Å². The third-order valence-electron chi connectivity index (χ3n) is 2.86. The van der Waals surface area contributed by atoms with E-state index in [9.17, 15) is 4.79 Å². The van der Waals surface area contributed by atoms with E-state index in [1.807, 2.05) is 19.9 Å². The van der Waals surface area contributed by atoms with Crippen molar-refractivity contribution >= 4 is 23.2 Å². The zero-order valence-electron chi connectivity index (χ0n) is 11.7. The van der Waals surface area contributed by atoms with Crippen molar-refractivity contribution in [1.29, 1.82) is 0 Å². The maximum absolute atomic E-state index is 12.5. The number of amides is 1. The number of benzene rings is 1. The van der Waals surface area contributed by atoms with E-state index in [0.29, 0.717) is 36.9 Å². The van der Waals surface area contributed by atoms with Crippen molar-refractivity contribution in [1.82, 2.24) is 4.90 Å². The minimum Gasteiger partial charge on any atom is -0.387 e. The Labute approximate surface area is 119 Å². The van der Waals surface area contributed by atoms with Crippen molar-refractivity contribution in [3.63, 3.8) is 0 Å². The predicted molar refractivity (Wildman–Crippen MR) is 79.1 cm³/mol. The predicted octanol–water partition coefficient (Wildman–Crippen LogP) is 2.88. The number of ether oxygens (including phenoxy) is 1. The van der Waals surface area contributed by atoms with Crippen LogP contribution in [0.3, 0.4) is 0 Å². The second kappa shape index (κ2) is 8.02. The summed E-state index contributed by atoms with van der Waals surface area (Å²) in [5.41, 5.74) is 1.37. The van der Waals surface area contributed by atoms with Gasteiger partial charge in [-0.2, -0.15) is 0 Å². The molecule has 0 spiro atoms. The molecule has 0 saturated heterocycles. The number of anilines is 1. The van der Waals surface area contributed by atoms with Crippen LogP contribution in [0, 0.1) is 0 Å². The van der Waals surface area contributed by atoms with Crippen LogP contribution in [-0.2, 0) is 4.74 Å². The molecule has 0 unspecified atom stereocenters. The molecule has 1 aromatic rings. The second-order valence-electron chi connectivity index (χ2n) is 4.02. The lowest BCUT2D eigenvalue weighted by Crippen LogP contribution is -2.34. The Bertz CT molecular complexity index is 424. The van der Waals surface area contributed by atoms with Crippen LogP contribution in [-0.4, -0.2) is 44.2 Å². The molecule has 0 aliphatic heterocycles. The van der Waals surface area contributed by atoms with Gasteiger partial charge in [0.2, 0.25) is 0 Å². The molecule has 5 heteroatoms. The molecule has 0 aliphatic carbocycles. The lowest BCUT2D eigenvalue weighted by atomic mass is 10.1. The number of hydrogen-bond donors (Lipinski definition) is 1. The molecule has 19 heavy (non-hydrogen) atoms. The van der Waals surface area contributed by atoms with Gasteiger partial charge in [-0.15, -0.1) is 0 Å². The molecule has 0 heterocycles. The van der Waals surface area contributed by atoms with Crippen LogP contribution in [0.15, 0.2) is 18.2 Å². The molecule has 1 N–H and O–H groups in total. The molecular formula is C14H21ClN2O2. The summed E-state index contributed by atoms with van der Waals surface area (Å²) in [6.07, 6.45) is 0. The smallest absolute Gasteiger partial charge is 0.256 e. The summed E-state index contributed by atoms with van der Waals surface area (Å²) in [6.45, 7) is 6.32. The van der Waals surface area contributed by atoms with E-state index in [0.717, 1.165) is 5.69 Å². The number of carbonyl (C=O) groups is 1. The van der Waals surface area contributed by atoms with Crippen LogP contribution in [0.1, 0.15) is 24.2 Å². The summed E-state index contributed by atoms with van der Waals surface area (Å²) in [5, 5.41) is 3.57. The highest BCUT2D eigenvalue weighted by Crippen LogP contribution is 2.21. The van der Waals surface area contributed by atoms with Crippen molar-refractivity contribution < 1.29 is 9.53 Å². The van der Waals surface area contributed by atoms with E-state index in [1.165, 1.54) is 0 Å². The van der Waals surface area contributed by atoms with Crippen LogP contribution in [0.5, 0.6) is 0 Å². The zero-order chi connectivity index (χ0) is 14.3. The van der Waals surface area contributed by atoms with Crippen LogP contribution in [0.2, 0.25) is 5.02 Å².